The number of methoxy groups -OCH3 is 1. The molecule has 0 aliphatic carbocycles. The van der Waals surface area contributed by atoms with Crippen molar-refractivity contribution in [1.82, 2.24) is 0 Å². The molecule has 0 spiro atoms. The van der Waals surface area contributed by atoms with Gasteiger partial charge in [-0.25, -0.2) is 0 Å². The zero-order valence-electron chi connectivity index (χ0n) is 13.2. The number of aryl methyl sites for hydroxylation is 2. The summed E-state index contributed by atoms with van der Waals surface area (Å²) in [5.74, 6) is 2.30. The molecule has 0 fully saturated rings. The van der Waals surface area contributed by atoms with Gasteiger partial charge in [0.15, 0.2) is 35.7 Å². The Morgan fingerprint density at radius 3 is 2.96 bits per heavy atom. The summed E-state index contributed by atoms with van der Waals surface area (Å²) in [5, 5.41) is 12.2. The number of hydrogen-bond donors (Lipinski definition) is 1. The third kappa shape index (κ3) is 1.78. The second-order valence-corrected chi connectivity index (χ2v) is 6.09. The van der Waals surface area contributed by atoms with Crippen LogP contribution in [0.1, 0.15) is 5.56 Å². The molecule has 0 amide bonds. The molecule has 0 unspecified atom stereocenters. The monoisotopic (exact) mass is 322 g/mol. The standard InChI is InChI=1S/C19H15NO4/c1-22-18-8-13-12(7-16(18)21)4-5-20-9-14-11(6-15(13)20)2-3-17-19(14)24-10-23-17/h2-3,6-9H,4-5,10H2,1H3/p+1. The average Bonchev–Trinajstić information content (AvgIpc) is 3.08. The van der Waals surface area contributed by atoms with Gasteiger partial charge < -0.3 is 19.3 Å². The highest BCUT2D eigenvalue weighted by atomic mass is 16.7. The van der Waals surface area contributed by atoms with E-state index in [1.165, 1.54) is 0 Å². The first kappa shape index (κ1) is 13.5. The van der Waals surface area contributed by atoms with Crippen molar-refractivity contribution < 1.29 is 23.9 Å². The topological polar surface area (TPSA) is 51.8 Å². The Morgan fingerprint density at radius 1 is 1.17 bits per heavy atom. The van der Waals surface area contributed by atoms with Gasteiger partial charge in [-0.1, -0.05) is 0 Å². The zero-order chi connectivity index (χ0) is 16.3. The van der Waals surface area contributed by atoms with Gasteiger partial charge in [0.05, 0.1) is 18.1 Å². The molecule has 2 aliphatic heterocycles. The van der Waals surface area contributed by atoms with Crippen molar-refractivity contribution in [3.63, 3.8) is 0 Å². The van der Waals surface area contributed by atoms with Crippen molar-refractivity contribution in [1.29, 1.82) is 0 Å². The molecule has 0 saturated carbocycles. The lowest BCUT2D eigenvalue weighted by molar-refractivity contribution is -0.686. The molecular weight excluding hydrogens is 306 g/mol. The molecule has 0 saturated heterocycles. The maximum atomic E-state index is 10.0. The molecule has 5 nitrogen and oxygen atoms in total. The Bertz CT molecular complexity index is 997. The number of aromatic hydroxyl groups is 1. The Labute approximate surface area is 138 Å². The van der Waals surface area contributed by atoms with Crippen LogP contribution in [-0.4, -0.2) is 19.0 Å². The SMILES string of the molecule is COc1cc2c(cc1O)CC[n+]1cc3c4c(ccc3cc1-2)OCO4. The number of pyridine rings is 1. The summed E-state index contributed by atoms with van der Waals surface area (Å²) < 4.78 is 18.6. The fourth-order valence-corrected chi connectivity index (χ4v) is 3.60. The van der Waals surface area contributed by atoms with Crippen LogP contribution in [0.2, 0.25) is 0 Å². The number of hydrogen-bond acceptors (Lipinski definition) is 4. The van der Waals surface area contributed by atoms with Crippen molar-refractivity contribution >= 4 is 10.8 Å². The van der Waals surface area contributed by atoms with Gasteiger partial charge in [0.25, 0.3) is 0 Å². The van der Waals surface area contributed by atoms with Gasteiger partial charge in [-0.05, 0) is 35.2 Å². The fraction of sp³-hybridized carbons (Fsp3) is 0.211. The Kier molecular flexibility index (Phi) is 2.68. The van der Waals surface area contributed by atoms with Gasteiger partial charge in [0.1, 0.15) is 0 Å². The second kappa shape index (κ2) is 4.77. The molecule has 0 atom stereocenters. The summed E-state index contributed by atoms with van der Waals surface area (Å²) in [6, 6.07) is 9.88. The van der Waals surface area contributed by atoms with Gasteiger partial charge >= 0.3 is 0 Å². The number of aromatic nitrogens is 1. The number of rotatable bonds is 1. The molecule has 24 heavy (non-hydrogen) atoms. The van der Waals surface area contributed by atoms with Crippen LogP contribution in [0, 0.1) is 0 Å². The molecule has 0 bridgehead atoms. The molecule has 120 valence electrons. The second-order valence-electron chi connectivity index (χ2n) is 6.09. The van der Waals surface area contributed by atoms with Crippen LogP contribution in [0.3, 0.4) is 0 Å². The van der Waals surface area contributed by atoms with Gasteiger partial charge in [0, 0.05) is 12.5 Å². The van der Waals surface area contributed by atoms with Crippen molar-refractivity contribution in [3.05, 3.63) is 42.1 Å². The predicted octanol–water partition coefficient (Wildman–Crippen LogP) is 2.79. The highest BCUT2D eigenvalue weighted by Crippen LogP contribution is 2.41. The zero-order valence-corrected chi connectivity index (χ0v) is 13.2. The van der Waals surface area contributed by atoms with Crippen LogP contribution in [-0.2, 0) is 13.0 Å². The fourth-order valence-electron chi connectivity index (χ4n) is 3.60. The van der Waals surface area contributed by atoms with E-state index in [-0.39, 0.29) is 12.5 Å². The number of phenols is 1. The number of nitrogens with zero attached hydrogens (tertiary/aromatic N) is 1. The summed E-state index contributed by atoms with van der Waals surface area (Å²) in [7, 11) is 1.57. The van der Waals surface area contributed by atoms with E-state index in [0.717, 1.165) is 52.1 Å². The first-order chi connectivity index (χ1) is 11.7. The smallest absolute Gasteiger partial charge is 0.231 e. The van der Waals surface area contributed by atoms with Crippen molar-refractivity contribution in [2.45, 2.75) is 13.0 Å². The summed E-state index contributed by atoms with van der Waals surface area (Å²) in [5.41, 5.74) is 3.34. The van der Waals surface area contributed by atoms with Gasteiger partial charge in [-0.15, -0.1) is 0 Å². The molecule has 3 heterocycles. The van der Waals surface area contributed by atoms with Crippen LogP contribution in [0.5, 0.6) is 23.0 Å². The summed E-state index contributed by atoms with van der Waals surface area (Å²) >= 11 is 0. The minimum absolute atomic E-state index is 0.189. The van der Waals surface area contributed by atoms with Gasteiger partial charge in [0.2, 0.25) is 12.5 Å². The van der Waals surface area contributed by atoms with Crippen molar-refractivity contribution in [3.8, 4) is 34.3 Å². The van der Waals surface area contributed by atoms with Crippen LogP contribution >= 0.6 is 0 Å². The summed E-state index contributed by atoms with van der Waals surface area (Å²) in [4.78, 5) is 0. The highest BCUT2D eigenvalue weighted by molar-refractivity contribution is 5.92. The maximum Gasteiger partial charge on any atom is 0.231 e. The number of ether oxygens (including phenoxy) is 3. The normalized spacial score (nSPS) is 14.4. The molecule has 2 aromatic carbocycles. The van der Waals surface area contributed by atoms with Crippen molar-refractivity contribution in [2.24, 2.45) is 0 Å². The molecule has 0 radical (unpaired) electrons. The number of phenolic OH excluding ortho intramolecular Hbond substituents is 1. The molecule has 5 rings (SSSR count). The van der Waals surface area contributed by atoms with E-state index in [2.05, 4.69) is 22.9 Å². The van der Waals surface area contributed by atoms with E-state index >= 15 is 0 Å². The number of benzene rings is 2. The quantitative estimate of drug-likeness (QED) is 0.700. The predicted molar refractivity (Wildman–Crippen MR) is 87.6 cm³/mol. The van der Waals surface area contributed by atoms with Gasteiger partial charge in [-0.3, -0.25) is 0 Å². The largest absolute Gasteiger partial charge is 0.504 e. The molecule has 1 aromatic heterocycles. The third-order valence-electron chi connectivity index (χ3n) is 4.80. The summed E-state index contributed by atoms with van der Waals surface area (Å²) in [6.07, 6.45) is 2.99. The Balaban J connectivity index is 1.77. The van der Waals surface area contributed by atoms with E-state index in [1.807, 2.05) is 18.2 Å². The third-order valence-corrected chi connectivity index (χ3v) is 4.80. The van der Waals surface area contributed by atoms with E-state index in [1.54, 1.807) is 7.11 Å². The minimum atomic E-state index is 0.189. The maximum absolute atomic E-state index is 10.0. The molecule has 1 N–H and O–H groups in total. The minimum Gasteiger partial charge on any atom is -0.504 e. The number of fused-ring (bicyclic) bond motifs is 6. The van der Waals surface area contributed by atoms with Crippen LogP contribution in [0.25, 0.3) is 22.0 Å². The molecular formula is C19H16NO4+. The van der Waals surface area contributed by atoms with Crippen LogP contribution in [0.4, 0.5) is 0 Å². The van der Waals surface area contributed by atoms with E-state index < -0.39 is 0 Å². The lowest BCUT2D eigenvalue weighted by Gasteiger charge is -2.17. The van der Waals surface area contributed by atoms with Crippen LogP contribution < -0.4 is 18.8 Å². The Hall–Kier alpha value is -2.95. The molecule has 5 heteroatoms. The van der Waals surface area contributed by atoms with E-state index in [0.29, 0.717) is 5.75 Å². The molecule has 2 aliphatic rings. The lowest BCUT2D eigenvalue weighted by atomic mass is 9.95. The van der Waals surface area contributed by atoms with Crippen molar-refractivity contribution in [2.75, 3.05) is 13.9 Å². The average molecular weight is 322 g/mol. The Morgan fingerprint density at radius 2 is 2.08 bits per heavy atom. The first-order valence-corrected chi connectivity index (χ1v) is 7.90. The van der Waals surface area contributed by atoms with Gasteiger partial charge in [-0.2, -0.15) is 4.57 Å². The van der Waals surface area contributed by atoms with E-state index in [4.69, 9.17) is 14.2 Å². The van der Waals surface area contributed by atoms with Crippen LogP contribution in [0.15, 0.2) is 36.5 Å². The first-order valence-electron chi connectivity index (χ1n) is 7.90. The molecule has 3 aromatic rings. The van der Waals surface area contributed by atoms with E-state index in [9.17, 15) is 5.11 Å². The lowest BCUT2D eigenvalue weighted by Crippen LogP contribution is -2.40. The highest BCUT2D eigenvalue weighted by Gasteiger charge is 2.27. The summed E-state index contributed by atoms with van der Waals surface area (Å²) in [6.45, 7) is 1.13.